The number of carbonyl (C=O) groups is 1. The van der Waals surface area contributed by atoms with Gasteiger partial charge in [0.15, 0.2) is 11.6 Å². The maximum atomic E-state index is 12.2. The fourth-order valence-electron chi connectivity index (χ4n) is 9.72. The Morgan fingerprint density at radius 3 is 2.43 bits per heavy atom. The summed E-state index contributed by atoms with van der Waals surface area (Å²) in [6.07, 6.45) is 8.07. The van der Waals surface area contributed by atoms with Crippen molar-refractivity contribution in [2.24, 2.45) is 17.3 Å². The fourth-order valence-corrected chi connectivity index (χ4v) is 9.72. The van der Waals surface area contributed by atoms with Gasteiger partial charge in [-0.05, 0) is 80.4 Å². The van der Waals surface area contributed by atoms with Gasteiger partial charge < -0.3 is 19.3 Å². The molecule has 2 spiro atoms. The molecule has 0 aromatic heterocycles. The minimum absolute atomic E-state index is 0.00223. The molecule has 7 rings (SSSR count). The van der Waals surface area contributed by atoms with E-state index in [0.29, 0.717) is 31.5 Å². The molecule has 198 valence electrons. The molecule has 1 N–H and O–H groups in total. The Balaban J connectivity index is 1.36. The zero-order valence-electron chi connectivity index (χ0n) is 22.3. The van der Waals surface area contributed by atoms with Crippen molar-refractivity contribution >= 4 is 5.78 Å². The quantitative estimate of drug-likeness (QED) is 0.403. The number of ether oxygens (including phenoxy) is 3. The highest BCUT2D eigenvalue weighted by atomic mass is 16.7. The van der Waals surface area contributed by atoms with Gasteiger partial charge in [0.05, 0.1) is 31.0 Å². The maximum absolute atomic E-state index is 12.2. The molecule has 0 unspecified atom stereocenters. The molecule has 0 bridgehead atoms. The van der Waals surface area contributed by atoms with Crippen molar-refractivity contribution in [3.8, 4) is 0 Å². The van der Waals surface area contributed by atoms with Crippen LogP contribution < -0.4 is 0 Å². The van der Waals surface area contributed by atoms with Gasteiger partial charge in [-0.1, -0.05) is 43.3 Å². The minimum atomic E-state index is -0.872. The number of allylic oxidation sites excluding steroid dienone is 1. The van der Waals surface area contributed by atoms with Crippen molar-refractivity contribution in [2.45, 2.75) is 94.5 Å². The molecule has 0 amide bonds. The van der Waals surface area contributed by atoms with Crippen LogP contribution in [0.3, 0.4) is 0 Å². The second-order valence-corrected chi connectivity index (χ2v) is 12.9. The molecule has 5 fully saturated rings. The summed E-state index contributed by atoms with van der Waals surface area (Å²) >= 11 is 0. The summed E-state index contributed by atoms with van der Waals surface area (Å²) in [5, 5.41) is 12.2. The number of benzene rings is 1. The molecule has 5 nitrogen and oxygen atoms in total. The van der Waals surface area contributed by atoms with Crippen molar-refractivity contribution < 1.29 is 24.1 Å². The molecule has 2 heterocycles. The molecule has 1 aromatic rings. The van der Waals surface area contributed by atoms with E-state index in [1.807, 2.05) is 12.1 Å². The second-order valence-electron chi connectivity index (χ2n) is 12.9. The summed E-state index contributed by atoms with van der Waals surface area (Å²) < 4.78 is 18.8. The van der Waals surface area contributed by atoms with Crippen molar-refractivity contribution in [3.63, 3.8) is 0 Å². The molecule has 4 aliphatic carbocycles. The first kappa shape index (κ1) is 24.3. The molecular formula is C32H40O5. The third kappa shape index (κ3) is 3.27. The SMILES string of the molecule is C=C1CCO[C@]12CC[C@H]1[C@@H]3CC[C@@]4(O)CC5(CCC4=C3[C@@H](c3ccc(C(C)=O)cc3)C[C@@]12C)OCCO5. The smallest absolute Gasteiger partial charge is 0.171 e. The van der Waals surface area contributed by atoms with Gasteiger partial charge in [0.2, 0.25) is 0 Å². The molecule has 37 heavy (non-hydrogen) atoms. The van der Waals surface area contributed by atoms with E-state index in [4.69, 9.17) is 14.2 Å². The highest BCUT2D eigenvalue weighted by molar-refractivity contribution is 5.94. The van der Waals surface area contributed by atoms with Gasteiger partial charge in [-0.3, -0.25) is 4.79 Å². The van der Waals surface area contributed by atoms with Gasteiger partial charge in [0.1, 0.15) is 0 Å². The summed E-state index contributed by atoms with van der Waals surface area (Å²) in [4.78, 5) is 12.0. The number of hydrogen-bond acceptors (Lipinski definition) is 5. The van der Waals surface area contributed by atoms with Crippen LogP contribution in [0.25, 0.3) is 0 Å². The van der Waals surface area contributed by atoms with Crippen LogP contribution in [0.5, 0.6) is 0 Å². The maximum Gasteiger partial charge on any atom is 0.171 e. The summed E-state index contributed by atoms with van der Waals surface area (Å²) in [7, 11) is 0. The van der Waals surface area contributed by atoms with E-state index in [1.54, 1.807) is 6.92 Å². The molecule has 3 saturated carbocycles. The van der Waals surface area contributed by atoms with Gasteiger partial charge in [-0.15, -0.1) is 0 Å². The van der Waals surface area contributed by atoms with Gasteiger partial charge in [-0.25, -0.2) is 0 Å². The first-order chi connectivity index (χ1) is 17.7. The standard InChI is InChI=1S/C32H40O5/c1-20-11-15-37-32(20)14-10-26-24-8-12-30(34)19-31(35-16-17-36-31)13-9-27(30)28(24)25(18-29(26,32)3)23-6-4-22(5-7-23)21(2)33/h4-7,24-26,34H,1,8-19H2,2-3H3/t24-,25+,26-,29-,30+,32+/m0/s1. The molecule has 2 saturated heterocycles. The Hall–Kier alpha value is -1.79. The Morgan fingerprint density at radius 2 is 1.76 bits per heavy atom. The van der Waals surface area contributed by atoms with E-state index in [2.05, 4.69) is 25.6 Å². The predicted octanol–water partition coefficient (Wildman–Crippen LogP) is 5.87. The Bertz CT molecular complexity index is 1180. The van der Waals surface area contributed by atoms with E-state index >= 15 is 0 Å². The first-order valence-electron chi connectivity index (χ1n) is 14.4. The zero-order chi connectivity index (χ0) is 25.6. The van der Waals surface area contributed by atoms with E-state index < -0.39 is 11.4 Å². The Labute approximate surface area is 220 Å². The largest absolute Gasteiger partial charge is 0.385 e. The highest BCUT2D eigenvalue weighted by Gasteiger charge is 2.67. The second kappa shape index (κ2) is 8.11. The summed E-state index contributed by atoms with van der Waals surface area (Å²) in [5.41, 5.74) is 4.90. The van der Waals surface area contributed by atoms with E-state index in [9.17, 15) is 9.90 Å². The molecule has 6 atom stereocenters. The average Bonchev–Trinajstić information content (AvgIpc) is 3.57. The van der Waals surface area contributed by atoms with Crippen LogP contribution >= 0.6 is 0 Å². The first-order valence-corrected chi connectivity index (χ1v) is 14.4. The van der Waals surface area contributed by atoms with Crippen LogP contribution in [0.2, 0.25) is 0 Å². The van der Waals surface area contributed by atoms with Crippen molar-refractivity contribution in [3.05, 3.63) is 58.7 Å². The molecule has 0 radical (unpaired) electrons. The Kier molecular flexibility index (Phi) is 5.32. The Morgan fingerprint density at radius 1 is 1.00 bits per heavy atom. The van der Waals surface area contributed by atoms with Gasteiger partial charge in [-0.2, -0.15) is 0 Å². The predicted molar refractivity (Wildman–Crippen MR) is 140 cm³/mol. The molecule has 2 aliphatic heterocycles. The lowest BCUT2D eigenvalue weighted by molar-refractivity contribution is -0.208. The summed E-state index contributed by atoms with van der Waals surface area (Å²) in [6.45, 7) is 10.6. The lowest BCUT2D eigenvalue weighted by atomic mass is 9.49. The van der Waals surface area contributed by atoms with Crippen LogP contribution in [-0.4, -0.2) is 47.7 Å². The van der Waals surface area contributed by atoms with Crippen LogP contribution in [0.4, 0.5) is 0 Å². The number of Topliss-reactive ketones (excluding diaryl/α,β-unsaturated/α-hetero) is 1. The number of carbonyl (C=O) groups excluding carboxylic acids is 1. The number of ketones is 1. The van der Waals surface area contributed by atoms with Crippen LogP contribution in [0.1, 0.15) is 93.5 Å². The number of fused-ring (bicyclic) bond motifs is 5. The fraction of sp³-hybridized carbons (Fsp3) is 0.656. The lowest BCUT2D eigenvalue weighted by Crippen LogP contribution is -2.55. The normalized spacial score (nSPS) is 42.2. The van der Waals surface area contributed by atoms with Crippen molar-refractivity contribution in [1.82, 2.24) is 0 Å². The molecule has 6 aliphatic rings. The van der Waals surface area contributed by atoms with Crippen LogP contribution in [0, 0.1) is 17.3 Å². The average molecular weight is 505 g/mol. The van der Waals surface area contributed by atoms with Crippen LogP contribution in [-0.2, 0) is 14.2 Å². The third-order valence-corrected chi connectivity index (χ3v) is 11.4. The van der Waals surface area contributed by atoms with E-state index in [-0.39, 0.29) is 22.7 Å². The lowest BCUT2D eigenvalue weighted by Gasteiger charge is -2.58. The van der Waals surface area contributed by atoms with Crippen molar-refractivity contribution in [2.75, 3.05) is 19.8 Å². The summed E-state index contributed by atoms with van der Waals surface area (Å²) in [5.74, 6) is 0.619. The minimum Gasteiger partial charge on any atom is -0.385 e. The van der Waals surface area contributed by atoms with Gasteiger partial charge in [0.25, 0.3) is 0 Å². The highest BCUT2D eigenvalue weighted by Crippen LogP contribution is 2.70. The molecule has 1 aromatic carbocycles. The number of hydrogen-bond donors (Lipinski definition) is 1. The third-order valence-electron chi connectivity index (χ3n) is 11.4. The monoisotopic (exact) mass is 504 g/mol. The van der Waals surface area contributed by atoms with Gasteiger partial charge in [0, 0.05) is 29.7 Å². The van der Waals surface area contributed by atoms with E-state index in [0.717, 1.165) is 63.5 Å². The number of aliphatic hydroxyl groups is 1. The summed E-state index contributed by atoms with van der Waals surface area (Å²) in [6, 6.07) is 8.27. The topological polar surface area (TPSA) is 65.0 Å². The van der Waals surface area contributed by atoms with E-state index in [1.165, 1.54) is 22.3 Å². The van der Waals surface area contributed by atoms with Crippen molar-refractivity contribution in [1.29, 1.82) is 0 Å². The van der Waals surface area contributed by atoms with Gasteiger partial charge >= 0.3 is 0 Å². The molecular weight excluding hydrogens is 464 g/mol. The molecule has 5 heteroatoms. The number of rotatable bonds is 2. The van der Waals surface area contributed by atoms with Crippen LogP contribution in [0.15, 0.2) is 47.6 Å². The zero-order valence-corrected chi connectivity index (χ0v) is 22.3.